The predicted molar refractivity (Wildman–Crippen MR) is 63.5 cm³/mol. The van der Waals surface area contributed by atoms with Gasteiger partial charge in [-0.2, -0.15) is 11.8 Å². The largest absolute Gasteiger partial charge is 0.396 e. The number of benzene rings is 1. The van der Waals surface area contributed by atoms with Crippen LogP contribution in [-0.4, -0.2) is 17.5 Å². The minimum absolute atomic E-state index is 0.176. The first-order valence-corrected chi connectivity index (χ1v) is 6.22. The Kier molecular flexibility index (Phi) is 5.12. The monoisotopic (exact) mass is 228 g/mol. The number of thioether (sulfide) groups is 1. The first-order valence-electron chi connectivity index (χ1n) is 5.07. The number of aryl methyl sites for hydroxylation is 1. The van der Waals surface area contributed by atoms with Crippen LogP contribution in [-0.2, 0) is 5.75 Å². The van der Waals surface area contributed by atoms with Crippen LogP contribution in [0.5, 0.6) is 0 Å². The molecule has 1 nitrogen and oxygen atoms in total. The lowest BCUT2D eigenvalue weighted by Gasteiger charge is -2.08. The highest BCUT2D eigenvalue weighted by Crippen LogP contribution is 2.19. The summed E-state index contributed by atoms with van der Waals surface area (Å²) in [5.74, 6) is 1.98. The van der Waals surface area contributed by atoms with E-state index in [0.29, 0.717) is 5.92 Å². The summed E-state index contributed by atoms with van der Waals surface area (Å²) in [6.07, 6.45) is 0. The van der Waals surface area contributed by atoms with Crippen LogP contribution in [0, 0.1) is 18.7 Å². The van der Waals surface area contributed by atoms with Gasteiger partial charge in [0.2, 0.25) is 0 Å². The Hall–Kier alpha value is -0.540. The first-order chi connectivity index (χ1) is 7.13. The second-order valence-electron chi connectivity index (χ2n) is 3.87. The van der Waals surface area contributed by atoms with Gasteiger partial charge in [-0.3, -0.25) is 0 Å². The van der Waals surface area contributed by atoms with Crippen LogP contribution in [0.2, 0.25) is 0 Å². The van der Waals surface area contributed by atoms with E-state index in [4.69, 9.17) is 5.11 Å². The van der Waals surface area contributed by atoms with Crippen molar-refractivity contribution in [3.63, 3.8) is 0 Å². The molecule has 0 amide bonds. The molecule has 84 valence electrons. The topological polar surface area (TPSA) is 20.2 Å². The maximum absolute atomic E-state index is 12.8. The quantitative estimate of drug-likeness (QED) is 0.836. The van der Waals surface area contributed by atoms with Gasteiger partial charge in [-0.05, 0) is 41.9 Å². The highest BCUT2D eigenvalue weighted by Gasteiger charge is 2.03. The molecular formula is C12H17FOS. The minimum Gasteiger partial charge on any atom is -0.396 e. The van der Waals surface area contributed by atoms with E-state index in [9.17, 15) is 4.39 Å². The van der Waals surface area contributed by atoms with Gasteiger partial charge in [-0.25, -0.2) is 4.39 Å². The molecule has 1 aromatic rings. The van der Waals surface area contributed by atoms with E-state index < -0.39 is 0 Å². The molecular weight excluding hydrogens is 211 g/mol. The van der Waals surface area contributed by atoms with Crippen molar-refractivity contribution >= 4 is 11.8 Å². The smallest absolute Gasteiger partial charge is 0.123 e. The third kappa shape index (κ3) is 4.22. The van der Waals surface area contributed by atoms with Crippen molar-refractivity contribution < 1.29 is 9.50 Å². The maximum atomic E-state index is 12.8. The van der Waals surface area contributed by atoms with Gasteiger partial charge in [0.1, 0.15) is 5.82 Å². The van der Waals surface area contributed by atoms with Gasteiger partial charge in [0, 0.05) is 12.4 Å². The standard InChI is InChI=1S/C12H17FOS/c1-9(6-14)7-15-8-11-3-4-12(13)5-10(11)2/h3-5,9,14H,6-8H2,1-2H3. The van der Waals surface area contributed by atoms with Crippen LogP contribution >= 0.6 is 11.8 Å². The number of aliphatic hydroxyl groups is 1. The number of rotatable bonds is 5. The summed E-state index contributed by atoms with van der Waals surface area (Å²) in [5.41, 5.74) is 2.17. The molecule has 1 aromatic carbocycles. The summed E-state index contributed by atoms with van der Waals surface area (Å²) >= 11 is 1.78. The lowest BCUT2D eigenvalue weighted by atomic mass is 10.1. The molecule has 0 aliphatic heterocycles. The number of hydrogen-bond acceptors (Lipinski definition) is 2. The second-order valence-corrected chi connectivity index (χ2v) is 4.90. The van der Waals surface area contributed by atoms with Crippen molar-refractivity contribution in [2.75, 3.05) is 12.4 Å². The van der Waals surface area contributed by atoms with Crippen LogP contribution in [0.15, 0.2) is 18.2 Å². The molecule has 0 spiro atoms. The molecule has 0 bridgehead atoms. The Bertz CT molecular complexity index is 314. The predicted octanol–water partition coefficient (Wildman–Crippen LogP) is 3.00. The van der Waals surface area contributed by atoms with Crippen molar-refractivity contribution in [2.45, 2.75) is 19.6 Å². The normalized spacial score (nSPS) is 12.8. The van der Waals surface area contributed by atoms with Crippen molar-refractivity contribution in [2.24, 2.45) is 5.92 Å². The fourth-order valence-corrected chi connectivity index (χ4v) is 2.41. The molecule has 3 heteroatoms. The highest BCUT2D eigenvalue weighted by molar-refractivity contribution is 7.98. The summed E-state index contributed by atoms with van der Waals surface area (Å²) in [4.78, 5) is 0. The molecule has 1 atom stereocenters. The minimum atomic E-state index is -0.176. The van der Waals surface area contributed by atoms with E-state index in [-0.39, 0.29) is 12.4 Å². The van der Waals surface area contributed by atoms with E-state index in [1.807, 2.05) is 19.9 Å². The third-order valence-corrected chi connectivity index (χ3v) is 3.60. The fourth-order valence-electron chi connectivity index (χ4n) is 1.24. The molecule has 1 N–H and O–H groups in total. The van der Waals surface area contributed by atoms with Crippen LogP contribution in [0.1, 0.15) is 18.1 Å². The molecule has 0 aromatic heterocycles. The summed E-state index contributed by atoms with van der Waals surface area (Å²) in [5, 5.41) is 8.86. The van der Waals surface area contributed by atoms with Gasteiger partial charge < -0.3 is 5.11 Å². The van der Waals surface area contributed by atoms with Gasteiger partial charge in [0.25, 0.3) is 0 Å². The average molecular weight is 228 g/mol. The average Bonchev–Trinajstić information content (AvgIpc) is 2.21. The van der Waals surface area contributed by atoms with Crippen molar-refractivity contribution in [3.8, 4) is 0 Å². The Morgan fingerprint density at radius 3 is 2.80 bits per heavy atom. The lowest BCUT2D eigenvalue weighted by Crippen LogP contribution is -2.03. The van der Waals surface area contributed by atoms with Gasteiger partial charge >= 0.3 is 0 Å². The zero-order valence-corrected chi connectivity index (χ0v) is 9.98. The van der Waals surface area contributed by atoms with Crippen LogP contribution in [0.4, 0.5) is 4.39 Å². The second kappa shape index (κ2) is 6.13. The Morgan fingerprint density at radius 2 is 2.20 bits per heavy atom. The number of halogens is 1. The molecule has 0 aliphatic rings. The van der Waals surface area contributed by atoms with Crippen LogP contribution in [0.25, 0.3) is 0 Å². The SMILES string of the molecule is Cc1cc(F)ccc1CSCC(C)CO. The van der Waals surface area contributed by atoms with Gasteiger partial charge in [0.05, 0.1) is 0 Å². The molecule has 0 saturated heterocycles. The van der Waals surface area contributed by atoms with E-state index >= 15 is 0 Å². The zero-order chi connectivity index (χ0) is 11.3. The fraction of sp³-hybridized carbons (Fsp3) is 0.500. The molecule has 0 aliphatic carbocycles. The highest BCUT2D eigenvalue weighted by atomic mass is 32.2. The molecule has 0 radical (unpaired) electrons. The summed E-state index contributed by atoms with van der Waals surface area (Å²) < 4.78 is 12.8. The molecule has 0 fully saturated rings. The van der Waals surface area contributed by atoms with Gasteiger partial charge in [-0.1, -0.05) is 13.0 Å². The van der Waals surface area contributed by atoms with E-state index in [1.165, 1.54) is 11.6 Å². The van der Waals surface area contributed by atoms with Crippen molar-refractivity contribution in [3.05, 3.63) is 35.1 Å². The molecule has 0 saturated carbocycles. The van der Waals surface area contributed by atoms with Crippen LogP contribution in [0.3, 0.4) is 0 Å². The lowest BCUT2D eigenvalue weighted by molar-refractivity contribution is 0.250. The first kappa shape index (κ1) is 12.5. The van der Waals surface area contributed by atoms with Crippen molar-refractivity contribution in [1.82, 2.24) is 0 Å². The summed E-state index contributed by atoms with van der Waals surface area (Å²) in [7, 11) is 0. The Balaban J connectivity index is 2.44. The number of aliphatic hydroxyl groups excluding tert-OH is 1. The molecule has 1 rings (SSSR count). The van der Waals surface area contributed by atoms with Gasteiger partial charge in [-0.15, -0.1) is 0 Å². The molecule has 15 heavy (non-hydrogen) atoms. The van der Waals surface area contributed by atoms with E-state index in [1.54, 1.807) is 17.8 Å². The van der Waals surface area contributed by atoms with Crippen molar-refractivity contribution in [1.29, 1.82) is 0 Å². The Labute approximate surface area is 94.7 Å². The zero-order valence-electron chi connectivity index (χ0n) is 9.16. The summed E-state index contributed by atoms with van der Waals surface area (Å²) in [6, 6.07) is 4.89. The van der Waals surface area contributed by atoms with Gasteiger partial charge in [0.15, 0.2) is 0 Å². The molecule has 1 unspecified atom stereocenters. The van der Waals surface area contributed by atoms with Crippen LogP contribution < -0.4 is 0 Å². The molecule has 0 heterocycles. The van der Waals surface area contributed by atoms with E-state index in [0.717, 1.165) is 17.1 Å². The Morgan fingerprint density at radius 1 is 1.47 bits per heavy atom. The maximum Gasteiger partial charge on any atom is 0.123 e. The van der Waals surface area contributed by atoms with E-state index in [2.05, 4.69) is 0 Å². The summed E-state index contributed by atoms with van der Waals surface area (Å²) in [6.45, 7) is 4.17. The third-order valence-electron chi connectivity index (χ3n) is 2.28. The number of hydrogen-bond donors (Lipinski definition) is 1.